The maximum atomic E-state index is 12.5. The summed E-state index contributed by atoms with van der Waals surface area (Å²) in [7, 11) is 1.31. The van der Waals surface area contributed by atoms with Crippen LogP contribution in [0.25, 0.3) is 0 Å². The largest absolute Gasteiger partial charge is 0.469 e. The standard InChI is InChI=1S/C17H16BrClN2O3/c1-10-3-5-11(6-4-10)14(8-15(22)24-2)21-17(23)13-7-12(18)9-20-16(13)19/h3-7,9,14H,8H2,1-2H3,(H,21,23). The predicted octanol–water partition coefficient (Wildman–Crippen LogP) is 3.84. The summed E-state index contributed by atoms with van der Waals surface area (Å²) in [5.74, 6) is -0.831. The van der Waals surface area contributed by atoms with Gasteiger partial charge in [0.25, 0.3) is 5.91 Å². The molecule has 5 nitrogen and oxygen atoms in total. The van der Waals surface area contributed by atoms with E-state index >= 15 is 0 Å². The molecule has 1 amide bonds. The molecule has 0 aliphatic rings. The lowest BCUT2D eigenvalue weighted by Gasteiger charge is -2.19. The van der Waals surface area contributed by atoms with E-state index in [0.717, 1.165) is 11.1 Å². The summed E-state index contributed by atoms with van der Waals surface area (Å²) in [6.07, 6.45) is 1.52. The third-order valence-electron chi connectivity index (χ3n) is 3.43. The van der Waals surface area contributed by atoms with Crippen molar-refractivity contribution >= 4 is 39.4 Å². The van der Waals surface area contributed by atoms with Crippen LogP contribution in [0.1, 0.15) is 33.9 Å². The zero-order valence-electron chi connectivity index (χ0n) is 13.2. The molecule has 1 heterocycles. The number of pyridine rings is 1. The van der Waals surface area contributed by atoms with Gasteiger partial charge in [-0.3, -0.25) is 9.59 Å². The molecule has 0 aliphatic carbocycles. The van der Waals surface area contributed by atoms with Gasteiger partial charge in [0.1, 0.15) is 5.15 Å². The second-order valence-electron chi connectivity index (χ2n) is 5.21. The lowest BCUT2D eigenvalue weighted by Crippen LogP contribution is -2.30. The van der Waals surface area contributed by atoms with E-state index in [1.54, 1.807) is 6.07 Å². The van der Waals surface area contributed by atoms with E-state index < -0.39 is 17.9 Å². The number of hydrogen-bond acceptors (Lipinski definition) is 4. The molecule has 24 heavy (non-hydrogen) atoms. The van der Waals surface area contributed by atoms with E-state index in [1.807, 2.05) is 31.2 Å². The SMILES string of the molecule is COC(=O)CC(NC(=O)c1cc(Br)cnc1Cl)c1ccc(C)cc1. The molecule has 0 bridgehead atoms. The molecule has 126 valence electrons. The predicted molar refractivity (Wildman–Crippen MR) is 95.0 cm³/mol. The molecule has 1 N–H and O–H groups in total. The van der Waals surface area contributed by atoms with E-state index in [4.69, 9.17) is 16.3 Å². The monoisotopic (exact) mass is 410 g/mol. The Morgan fingerprint density at radius 3 is 2.62 bits per heavy atom. The van der Waals surface area contributed by atoms with Crippen LogP contribution >= 0.6 is 27.5 Å². The maximum absolute atomic E-state index is 12.5. The number of methoxy groups -OCH3 is 1. The number of ether oxygens (including phenoxy) is 1. The summed E-state index contributed by atoms with van der Waals surface area (Å²) in [6, 6.07) is 8.61. The van der Waals surface area contributed by atoms with E-state index in [1.165, 1.54) is 13.3 Å². The van der Waals surface area contributed by atoms with E-state index in [2.05, 4.69) is 26.2 Å². The van der Waals surface area contributed by atoms with Crippen molar-refractivity contribution in [1.82, 2.24) is 10.3 Å². The van der Waals surface area contributed by atoms with Gasteiger partial charge >= 0.3 is 5.97 Å². The lowest BCUT2D eigenvalue weighted by molar-refractivity contribution is -0.141. The highest BCUT2D eigenvalue weighted by molar-refractivity contribution is 9.10. The molecular weight excluding hydrogens is 396 g/mol. The maximum Gasteiger partial charge on any atom is 0.307 e. The number of hydrogen-bond donors (Lipinski definition) is 1. The number of benzene rings is 1. The van der Waals surface area contributed by atoms with Crippen LogP contribution in [0.4, 0.5) is 0 Å². The third kappa shape index (κ3) is 4.79. The van der Waals surface area contributed by atoms with Crippen LogP contribution in [-0.4, -0.2) is 24.0 Å². The summed E-state index contributed by atoms with van der Waals surface area (Å²) in [4.78, 5) is 28.1. The Morgan fingerprint density at radius 1 is 1.33 bits per heavy atom. The van der Waals surface area contributed by atoms with Gasteiger partial charge in [0.15, 0.2) is 0 Å². The zero-order chi connectivity index (χ0) is 17.7. The van der Waals surface area contributed by atoms with Crippen molar-refractivity contribution in [3.63, 3.8) is 0 Å². The minimum atomic E-state index is -0.527. The number of amides is 1. The molecule has 2 aromatic rings. The quantitative estimate of drug-likeness (QED) is 0.599. The summed E-state index contributed by atoms with van der Waals surface area (Å²) in [5, 5.41) is 2.91. The van der Waals surface area contributed by atoms with Crippen molar-refractivity contribution < 1.29 is 14.3 Å². The molecular formula is C17H16BrClN2O3. The number of nitrogens with zero attached hydrogens (tertiary/aromatic N) is 1. The Labute approximate surface area is 153 Å². The number of rotatable bonds is 5. The highest BCUT2D eigenvalue weighted by atomic mass is 79.9. The zero-order valence-corrected chi connectivity index (χ0v) is 15.5. The van der Waals surface area contributed by atoms with E-state index in [9.17, 15) is 9.59 Å². The number of carbonyl (C=O) groups excluding carboxylic acids is 2. The summed E-state index contributed by atoms with van der Waals surface area (Å²) in [6.45, 7) is 1.96. The molecule has 0 spiro atoms. The molecule has 0 aliphatic heterocycles. The fraction of sp³-hybridized carbons (Fsp3) is 0.235. The molecule has 0 saturated carbocycles. The Bertz CT molecular complexity index is 750. The van der Waals surface area contributed by atoms with Crippen LogP contribution in [0, 0.1) is 6.92 Å². The molecule has 1 unspecified atom stereocenters. The van der Waals surface area contributed by atoms with Gasteiger partial charge in [0.2, 0.25) is 0 Å². The average molecular weight is 412 g/mol. The summed E-state index contributed by atoms with van der Waals surface area (Å²) >= 11 is 9.25. The van der Waals surface area contributed by atoms with Crippen molar-refractivity contribution in [1.29, 1.82) is 0 Å². The van der Waals surface area contributed by atoms with E-state index in [-0.39, 0.29) is 17.1 Å². The van der Waals surface area contributed by atoms with Crippen LogP contribution in [0.3, 0.4) is 0 Å². The Balaban J connectivity index is 2.27. The van der Waals surface area contributed by atoms with Gasteiger partial charge < -0.3 is 10.1 Å². The van der Waals surface area contributed by atoms with Gasteiger partial charge in [-0.1, -0.05) is 41.4 Å². The fourth-order valence-electron chi connectivity index (χ4n) is 2.12. The van der Waals surface area contributed by atoms with Crippen LogP contribution in [0.15, 0.2) is 41.0 Å². The molecule has 1 atom stereocenters. The number of carbonyl (C=O) groups is 2. The van der Waals surface area contributed by atoms with Crippen molar-refractivity contribution in [2.45, 2.75) is 19.4 Å². The number of esters is 1. The molecule has 1 aromatic carbocycles. The van der Waals surface area contributed by atoms with Gasteiger partial charge in [-0.15, -0.1) is 0 Å². The van der Waals surface area contributed by atoms with Crippen molar-refractivity contribution in [3.05, 3.63) is 62.8 Å². The summed E-state index contributed by atoms with van der Waals surface area (Å²) < 4.78 is 5.36. The Kier molecular flexibility index (Phi) is 6.34. The first-order valence-corrected chi connectivity index (χ1v) is 8.33. The smallest absolute Gasteiger partial charge is 0.307 e. The minimum absolute atomic E-state index is 0.0182. The van der Waals surface area contributed by atoms with Gasteiger partial charge in [0, 0.05) is 10.7 Å². The highest BCUT2D eigenvalue weighted by Crippen LogP contribution is 2.22. The van der Waals surface area contributed by atoms with E-state index in [0.29, 0.717) is 4.47 Å². The van der Waals surface area contributed by atoms with Crippen LogP contribution in [0.2, 0.25) is 5.15 Å². The fourth-order valence-corrected chi connectivity index (χ4v) is 2.64. The number of aryl methyl sites for hydroxylation is 1. The number of aromatic nitrogens is 1. The molecule has 1 aromatic heterocycles. The van der Waals surface area contributed by atoms with Crippen LogP contribution in [-0.2, 0) is 9.53 Å². The third-order valence-corrected chi connectivity index (χ3v) is 4.17. The second-order valence-corrected chi connectivity index (χ2v) is 6.48. The van der Waals surface area contributed by atoms with Crippen LogP contribution < -0.4 is 5.32 Å². The average Bonchev–Trinajstić information content (AvgIpc) is 2.56. The van der Waals surface area contributed by atoms with Gasteiger partial charge in [-0.05, 0) is 34.5 Å². The molecule has 2 rings (SSSR count). The Hall–Kier alpha value is -1.92. The first kappa shape index (κ1) is 18.4. The van der Waals surface area contributed by atoms with Crippen molar-refractivity contribution in [3.8, 4) is 0 Å². The first-order valence-electron chi connectivity index (χ1n) is 7.16. The molecule has 0 saturated heterocycles. The Morgan fingerprint density at radius 2 is 2.00 bits per heavy atom. The molecule has 0 fully saturated rings. The number of halogens is 2. The molecule has 7 heteroatoms. The highest BCUT2D eigenvalue weighted by Gasteiger charge is 2.21. The van der Waals surface area contributed by atoms with Crippen molar-refractivity contribution in [2.75, 3.05) is 7.11 Å². The van der Waals surface area contributed by atoms with Gasteiger partial charge in [0.05, 0.1) is 25.1 Å². The number of nitrogens with one attached hydrogen (secondary N) is 1. The molecule has 0 radical (unpaired) electrons. The second kappa shape index (κ2) is 8.26. The van der Waals surface area contributed by atoms with Crippen molar-refractivity contribution in [2.24, 2.45) is 0 Å². The normalized spacial score (nSPS) is 11.7. The topological polar surface area (TPSA) is 68.3 Å². The van der Waals surface area contributed by atoms with Gasteiger partial charge in [-0.2, -0.15) is 0 Å². The summed E-state index contributed by atoms with van der Waals surface area (Å²) in [5.41, 5.74) is 2.12. The lowest BCUT2D eigenvalue weighted by atomic mass is 10.0. The van der Waals surface area contributed by atoms with Crippen LogP contribution in [0.5, 0.6) is 0 Å². The van der Waals surface area contributed by atoms with Gasteiger partial charge in [-0.25, -0.2) is 4.98 Å². The minimum Gasteiger partial charge on any atom is -0.469 e. The first-order chi connectivity index (χ1) is 11.4.